The van der Waals surface area contributed by atoms with Crippen molar-refractivity contribution in [3.05, 3.63) is 176 Å². The Morgan fingerprint density at radius 3 is 1.88 bits per heavy atom. The van der Waals surface area contributed by atoms with Crippen molar-refractivity contribution in [2.24, 2.45) is 0 Å². The van der Waals surface area contributed by atoms with E-state index in [9.17, 15) is 0 Å². The van der Waals surface area contributed by atoms with Gasteiger partial charge in [-0.2, -0.15) is 0 Å². The highest BCUT2D eigenvalue weighted by Gasteiger charge is 2.21. The molecule has 3 aromatic heterocycles. The molecule has 0 unspecified atom stereocenters. The largest absolute Gasteiger partial charge is 0.309 e. The minimum Gasteiger partial charge on any atom is -0.309 e. The van der Waals surface area contributed by atoms with Gasteiger partial charge in [-0.15, -0.1) is 11.3 Å². The highest BCUT2D eigenvalue weighted by Crippen LogP contribution is 2.47. The summed E-state index contributed by atoms with van der Waals surface area (Å²) in [6.07, 6.45) is 0. The average molecular weight is 680 g/mol. The van der Waals surface area contributed by atoms with Crippen molar-refractivity contribution < 1.29 is 0 Å². The first-order valence-corrected chi connectivity index (χ1v) is 18.4. The van der Waals surface area contributed by atoms with Gasteiger partial charge in [-0.3, -0.25) is 0 Å². The summed E-state index contributed by atoms with van der Waals surface area (Å²) < 4.78 is 4.94. The first kappa shape index (κ1) is 29.1. The lowest BCUT2D eigenvalue weighted by Gasteiger charge is -2.11. The number of para-hydroxylation sites is 3. The van der Waals surface area contributed by atoms with Gasteiger partial charge < -0.3 is 4.57 Å². The Balaban J connectivity index is 1.20. The molecule has 0 radical (unpaired) electrons. The molecule has 0 fully saturated rings. The van der Waals surface area contributed by atoms with Crippen molar-refractivity contribution >= 4 is 75.1 Å². The van der Waals surface area contributed by atoms with Crippen LogP contribution < -0.4 is 0 Å². The highest BCUT2D eigenvalue weighted by atomic mass is 32.1. The Labute approximate surface area is 303 Å². The number of aromatic nitrogens is 3. The molecule has 0 aliphatic heterocycles. The van der Waals surface area contributed by atoms with Crippen molar-refractivity contribution in [3.8, 4) is 39.3 Å². The van der Waals surface area contributed by atoms with Crippen molar-refractivity contribution in [2.45, 2.75) is 0 Å². The summed E-state index contributed by atoms with van der Waals surface area (Å²) in [6.45, 7) is 0. The normalized spacial score (nSPS) is 11.8. The summed E-state index contributed by atoms with van der Waals surface area (Å²) in [5.74, 6) is 0. The molecule has 0 atom stereocenters. The predicted molar refractivity (Wildman–Crippen MR) is 221 cm³/mol. The molecule has 0 aliphatic carbocycles. The van der Waals surface area contributed by atoms with Gasteiger partial charge in [0.2, 0.25) is 0 Å². The molecule has 3 nitrogen and oxygen atoms in total. The average Bonchev–Trinajstić information content (AvgIpc) is 3.76. The molecular weight excluding hydrogens is 651 g/mol. The van der Waals surface area contributed by atoms with E-state index in [-0.39, 0.29) is 0 Å². The standard InChI is InChI=1S/C48H29N3S/c1-3-13-31(14-4-1)45-46(50-41-21-10-9-20-40(41)49-45)39-19-11-18-36-37-26-27-42-44(48(37)52-47(36)39)38-25-24-34(29-43(38)51(42)35-16-5-2-6-17-35)33-23-22-30-12-7-8-15-32(30)28-33/h1-29H. The molecule has 0 amide bonds. The quantitative estimate of drug-likeness (QED) is 0.185. The van der Waals surface area contributed by atoms with Crippen LogP contribution in [0.1, 0.15) is 0 Å². The van der Waals surface area contributed by atoms with Gasteiger partial charge >= 0.3 is 0 Å². The van der Waals surface area contributed by atoms with E-state index in [0.29, 0.717) is 0 Å². The van der Waals surface area contributed by atoms with Crippen LogP contribution >= 0.6 is 11.3 Å². The van der Waals surface area contributed by atoms with Crippen LogP contribution in [0.5, 0.6) is 0 Å². The zero-order chi connectivity index (χ0) is 34.2. The summed E-state index contributed by atoms with van der Waals surface area (Å²) in [5.41, 5.74) is 11.7. The van der Waals surface area contributed by atoms with Gasteiger partial charge in [0.25, 0.3) is 0 Å². The fourth-order valence-corrected chi connectivity index (χ4v) is 9.30. The molecule has 0 saturated heterocycles. The number of fused-ring (bicyclic) bond motifs is 9. The van der Waals surface area contributed by atoms with E-state index in [2.05, 4.69) is 156 Å². The van der Waals surface area contributed by atoms with Crippen LogP contribution in [0.2, 0.25) is 0 Å². The van der Waals surface area contributed by atoms with E-state index in [4.69, 9.17) is 9.97 Å². The van der Waals surface area contributed by atoms with E-state index in [0.717, 1.165) is 39.2 Å². The Morgan fingerprint density at radius 1 is 0.404 bits per heavy atom. The third-order valence-electron chi connectivity index (χ3n) is 10.4. The van der Waals surface area contributed by atoms with Crippen molar-refractivity contribution in [2.75, 3.05) is 0 Å². The van der Waals surface area contributed by atoms with Gasteiger partial charge in [-0.1, -0.05) is 133 Å². The SMILES string of the molecule is c1ccc(-c2nc3ccccc3nc2-c2cccc3c2sc2c3ccc3c2c2ccc(-c4ccc5ccccc5c4)cc2n3-c2ccccc2)cc1. The number of nitrogens with zero attached hydrogens (tertiary/aromatic N) is 3. The molecule has 8 aromatic carbocycles. The third-order valence-corrected chi connectivity index (χ3v) is 11.6. The molecular formula is C48H29N3S. The lowest BCUT2D eigenvalue weighted by molar-refractivity contribution is 1.18. The number of hydrogen-bond acceptors (Lipinski definition) is 3. The van der Waals surface area contributed by atoms with Gasteiger partial charge in [0.1, 0.15) is 0 Å². The Kier molecular flexibility index (Phi) is 6.42. The topological polar surface area (TPSA) is 30.7 Å². The molecule has 0 aliphatic rings. The van der Waals surface area contributed by atoms with Crippen LogP contribution in [0.3, 0.4) is 0 Å². The minimum absolute atomic E-state index is 0.894. The van der Waals surface area contributed by atoms with Crippen LogP contribution in [0.4, 0.5) is 0 Å². The van der Waals surface area contributed by atoms with Gasteiger partial charge in [-0.25, -0.2) is 9.97 Å². The van der Waals surface area contributed by atoms with Crippen LogP contribution in [0.25, 0.3) is 103 Å². The van der Waals surface area contributed by atoms with Gasteiger partial charge in [0.05, 0.1) is 33.5 Å². The number of hydrogen-bond donors (Lipinski definition) is 0. The molecule has 0 bridgehead atoms. The molecule has 11 rings (SSSR count). The maximum absolute atomic E-state index is 5.30. The first-order chi connectivity index (χ1) is 25.8. The van der Waals surface area contributed by atoms with Crippen molar-refractivity contribution in [3.63, 3.8) is 0 Å². The van der Waals surface area contributed by atoms with Crippen molar-refractivity contribution in [1.29, 1.82) is 0 Å². The summed E-state index contributed by atoms with van der Waals surface area (Å²) in [5, 5.41) is 7.52. The van der Waals surface area contributed by atoms with Crippen LogP contribution in [0.15, 0.2) is 176 Å². The Hall–Kier alpha value is -6.62. The van der Waals surface area contributed by atoms with Crippen LogP contribution in [0, 0.1) is 0 Å². The van der Waals surface area contributed by atoms with E-state index in [1.165, 1.54) is 63.9 Å². The second kappa shape index (κ2) is 11.5. The third kappa shape index (κ3) is 4.45. The molecule has 0 N–H and O–H groups in total. The molecule has 52 heavy (non-hydrogen) atoms. The van der Waals surface area contributed by atoms with E-state index in [1.54, 1.807) is 0 Å². The molecule has 242 valence electrons. The van der Waals surface area contributed by atoms with Gasteiger partial charge in [0, 0.05) is 47.8 Å². The Bertz CT molecular complexity index is 3180. The fourth-order valence-electron chi connectivity index (χ4n) is 7.93. The monoisotopic (exact) mass is 679 g/mol. The van der Waals surface area contributed by atoms with Gasteiger partial charge in [0.15, 0.2) is 0 Å². The minimum atomic E-state index is 0.894. The second-order valence-electron chi connectivity index (χ2n) is 13.4. The lowest BCUT2D eigenvalue weighted by atomic mass is 9.99. The fraction of sp³-hybridized carbons (Fsp3) is 0. The summed E-state index contributed by atoms with van der Waals surface area (Å²) in [6, 6.07) is 62.9. The Morgan fingerprint density at radius 2 is 1.06 bits per heavy atom. The molecule has 4 heteroatoms. The second-order valence-corrected chi connectivity index (χ2v) is 14.4. The summed E-state index contributed by atoms with van der Waals surface area (Å²) in [4.78, 5) is 10.5. The molecule has 11 aromatic rings. The molecule has 0 saturated carbocycles. The maximum Gasteiger partial charge on any atom is 0.0987 e. The zero-order valence-corrected chi connectivity index (χ0v) is 28.8. The predicted octanol–water partition coefficient (Wildman–Crippen LogP) is 13.2. The molecule has 0 spiro atoms. The molecule has 3 heterocycles. The number of rotatable bonds is 4. The van der Waals surface area contributed by atoms with E-state index >= 15 is 0 Å². The van der Waals surface area contributed by atoms with Crippen molar-refractivity contribution in [1.82, 2.24) is 14.5 Å². The maximum atomic E-state index is 5.30. The highest BCUT2D eigenvalue weighted by molar-refractivity contribution is 7.27. The lowest BCUT2D eigenvalue weighted by Crippen LogP contribution is -1.95. The van der Waals surface area contributed by atoms with E-state index < -0.39 is 0 Å². The smallest absolute Gasteiger partial charge is 0.0987 e. The summed E-state index contributed by atoms with van der Waals surface area (Å²) in [7, 11) is 0. The van der Waals surface area contributed by atoms with Gasteiger partial charge in [-0.05, 0) is 64.4 Å². The number of thiophene rings is 1. The van der Waals surface area contributed by atoms with Crippen LogP contribution in [-0.4, -0.2) is 14.5 Å². The van der Waals surface area contributed by atoms with E-state index in [1.807, 2.05) is 35.6 Å². The zero-order valence-electron chi connectivity index (χ0n) is 28.0. The summed E-state index contributed by atoms with van der Waals surface area (Å²) >= 11 is 1.87. The van der Waals surface area contributed by atoms with Crippen LogP contribution in [-0.2, 0) is 0 Å². The number of benzene rings is 8. The first-order valence-electron chi connectivity index (χ1n) is 17.6.